The van der Waals surface area contributed by atoms with Crippen LogP contribution in [0.1, 0.15) is 45.6 Å². The minimum atomic E-state index is -0.479. The van der Waals surface area contributed by atoms with Crippen molar-refractivity contribution >= 4 is 11.7 Å². The van der Waals surface area contributed by atoms with E-state index in [1.165, 1.54) is 0 Å². The molecular weight excluding hydrogens is 383 g/mol. The summed E-state index contributed by atoms with van der Waals surface area (Å²) in [6.45, 7) is 8.90. The topological polar surface area (TPSA) is 67.3 Å². The molecule has 2 bridgehead atoms. The van der Waals surface area contributed by atoms with Crippen LogP contribution in [-0.2, 0) is 4.74 Å². The zero-order valence-corrected chi connectivity index (χ0v) is 18.0. The molecule has 2 aliphatic rings. The molecule has 2 fully saturated rings. The maximum Gasteiger partial charge on any atom is 0.322 e. The highest BCUT2D eigenvalue weighted by Crippen LogP contribution is 2.52. The van der Waals surface area contributed by atoms with Gasteiger partial charge in [0, 0.05) is 23.9 Å². The lowest BCUT2D eigenvalue weighted by Gasteiger charge is -2.65. The number of carbonyl (C=O) groups is 1. The first kappa shape index (κ1) is 20.7. The average Bonchev–Trinajstić information content (AvgIpc) is 2.69. The van der Waals surface area contributed by atoms with Gasteiger partial charge < -0.3 is 15.0 Å². The molecule has 4 atom stereocenters. The van der Waals surface area contributed by atoms with E-state index in [1.54, 1.807) is 0 Å². The largest absolute Gasteiger partial charge is 0.376 e. The van der Waals surface area contributed by atoms with Crippen molar-refractivity contribution < 1.29 is 13.9 Å². The lowest BCUT2D eigenvalue weighted by molar-refractivity contribution is -0.162. The van der Waals surface area contributed by atoms with E-state index in [0.717, 1.165) is 42.8 Å². The number of likely N-dealkylation sites (tertiary alicyclic amines) is 1. The predicted molar refractivity (Wildman–Crippen MR) is 114 cm³/mol. The maximum atomic E-state index is 13.3. The zero-order chi connectivity index (χ0) is 21.5. The Balaban J connectivity index is 1.56. The number of hydrogen-bond donors (Lipinski definition) is 1. The summed E-state index contributed by atoms with van der Waals surface area (Å²) in [5.74, 6) is 0.534. The molecular formula is C23H29FN4O2. The van der Waals surface area contributed by atoms with E-state index in [2.05, 4.69) is 29.1 Å². The molecule has 160 valence electrons. The number of benzene rings is 1. The highest BCUT2D eigenvalue weighted by Gasteiger charge is 2.61. The molecule has 0 unspecified atom stereocenters. The van der Waals surface area contributed by atoms with Crippen molar-refractivity contribution in [3.63, 3.8) is 0 Å². The van der Waals surface area contributed by atoms with E-state index in [0.29, 0.717) is 24.0 Å². The van der Waals surface area contributed by atoms with Crippen LogP contribution in [0.2, 0.25) is 0 Å². The third kappa shape index (κ3) is 3.55. The van der Waals surface area contributed by atoms with Crippen LogP contribution in [0.5, 0.6) is 0 Å². The molecule has 1 aromatic carbocycles. The first-order chi connectivity index (χ1) is 14.3. The van der Waals surface area contributed by atoms with Gasteiger partial charge in [-0.3, -0.25) is 0 Å². The van der Waals surface area contributed by atoms with Crippen molar-refractivity contribution in [2.24, 2.45) is 5.92 Å². The fourth-order valence-electron chi connectivity index (χ4n) is 5.25. The molecule has 2 amide bonds. The van der Waals surface area contributed by atoms with E-state index in [-0.39, 0.29) is 23.7 Å². The van der Waals surface area contributed by atoms with Gasteiger partial charge in [-0.25, -0.2) is 19.2 Å². The molecule has 2 heterocycles. The number of aryl methyl sites for hydroxylation is 1. The van der Waals surface area contributed by atoms with Gasteiger partial charge >= 0.3 is 6.03 Å². The molecule has 1 saturated heterocycles. The number of aromatic nitrogens is 2. The standard InChI is InChI=1S/C23H29FN4O2/c1-5-30-16(4)23-10-14(2)8-19(11-23)28(23)22(29)27-18-7-6-15(3)20(9-18)21-25-12-17(24)13-26-21/h6-7,9,12-14,16,19H,5,8,10-11H2,1-4H3,(H,27,29)/t14-,16+,19-,23+/m1/s1. The smallest absolute Gasteiger partial charge is 0.322 e. The van der Waals surface area contributed by atoms with Crippen molar-refractivity contribution in [2.45, 2.75) is 64.6 Å². The van der Waals surface area contributed by atoms with Gasteiger partial charge in [0.2, 0.25) is 0 Å². The second kappa shape index (κ2) is 7.95. The van der Waals surface area contributed by atoms with Crippen molar-refractivity contribution in [2.75, 3.05) is 11.9 Å². The van der Waals surface area contributed by atoms with Crippen LogP contribution in [0, 0.1) is 18.7 Å². The minimum absolute atomic E-state index is 0.00607. The van der Waals surface area contributed by atoms with Crippen LogP contribution in [0.4, 0.5) is 14.9 Å². The number of rotatable bonds is 5. The summed E-state index contributed by atoms with van der Waals surface area (Å²) in [4.78, 5) is 23.4. The molecule has 6 nitrogen and oxygen atoms in total. The number of fused-ring (bicyclic) bond motifs is 2. The monoisotopic (exact) mass is 412 g/mol. The number of nitrogens with zero attached hydrogens (tertiary/aromatic N) is 3. The highest BCUT2D eigenvalue weighted by molar-refractivity contribution is 5.92. The summed E-state index contributed by atoms with van der Waals surface area (Å²) in [6.07, 6.45) is 5.27. The van der Waals surface area contributed by atoms with Crippen LogP contribution < -0.4 is 5.32 Å². The van der Waals surface area contributed by atoms with Crippen LogP contribution in [0.15, 0.2) is 30.6 Å². The molecule has 0 spiro atoms. The lowest BCUT2D eigenvalue weighted by Crippen LogP contribution is -2.76. The van der Waals surface area contributed by atoms with Gasteiger partial charge in [-0.15, -0.1) is 0 Å². The van der Waals surface area contributed by atoms with E-state index in [9.17, 15) is 9.18 Å². The van der Waals surface area contributed by atoms with E-state index in [1.807, 2.05) is 36.9 Å². The van der Waals surface area contributed by atoms with Gasteiger partial charge in [0.15, 0.2) is 11.6 Å². The molecule has 1 saturated carbocycles. The lowest BCUT2D eigenvalue weighted by atomic mass is 9.62. The second-order valence-corrected chi connectivity index (χ2v) is 8.66. The number of anilines is 1. The molecule has 30 heavy (non-hydrogen) atoms. The van der Waals surface area contributed by atoms with Crippen molar-refractivity contribution in [1.29, 1.82) is 0 Å². The number of amides is 2. The fourth-order valence-corrected chi connectivity index (χ4v) is 5.25. The number of carbonyl (C=O) groups excluding carboxylic acids is 1. The average molecular weight is 413 g/mol. The van der Waals surface area contributed by atoms with Crippen LogP contribution in [0.3, 0.4) is 0 Å². The third-order valence-corrected chi connectivity index (χ3v) is 6.55. The first-order valence-electron chi connectivity index (χ1n) is 10.6. The molecule has 1 aliphatic carbocycles. The minimum Gasteiger partial charge on any atom is -0.376 e. The Morgan fingerprint density at radius 1 is 1.37 bits per heavy atom. The molecule has 7 heteroatoms. The zero-order valence-electron chi connectivity index (χ0n) is 18.0. The number of piperidine rings is 1. The molecule has 1 N–H and O–H groups in total. The van der Waals surface area contributed by atoms with Crippen molar-refractivity contribution in [3.05, 3.63) is 42.0 Å². The summed E-state index contributed by atoms with van der Waals surface area (Å²) in [7, 11) is 0. The van der Waals surface area contributed by atoms with E-state index >= 15 is 0 Å². The summed E-state index contributed by atoms with van der Waals surface area (Å²) in [6, 6.07) is 5.78. The summed E-state index contributed by atoms with van der Waals surface area (Å²) in [5.41, 5.74) is 2.15. The Kier molecular flexibility index (Phi) is 5.49. The highest BCUT2D eigenvalue weighted by atomic mass is 19.1. The van der Waals surface area contributed by atoms with Gasteiger partial charge in [0.25, 0.3) is 0 Å². The SMILES string of the molecule is CCO[C@@H](C)[C@]12C[C@H](C)C[C@H](C1)N2C(=O)Nc1ccc(C)c(-c2ncc(F)cn2)c1. The quantitative estimate of drug-likeness (QED) is 0.767. The Bertz CT molecular complexity index is 935. The number of urea groups is 1. The van der Waals surface area contributed by atoms with Crippen LogP contribution in [0.25, 0.3) is 11.4 Å². The summed E-state index contributed by atoms with van der Waals surface area (Å²) in [5, 5.41) is 3.06. The van der Waals surface area contributed by atoms with Crippen molar-refractivity contribution in [3.8, 4) is 11.4 Å². The number of ether oxygens (including phenoxy) is 1. The normalized spacial score (nSPS) is 26.1. The predicted octanol–water partition coefficient (Wildman–Crippen LogP) is 4.79. The molecule has 1 aliphatic heterocycles. The van der Waals surface area contributed by atoms with E-state index in [4.69, 9.17) is 4.74 Å². The van der Waals surface area contributed by atoms with Gasteiger partial charge in [-0.05, 0) is 63.6 Å². The third-order valence-electron chi connectivity index (χ3n) is 6.55. The Morgan fingerprint density at radius 2 is 2.10 bits per heavy atom. The van der Waals surface area contributed by atoms with Gasteiger partial charge in [0.1, 0.15) is 0 Å². The maximum absolute atomic E-state index is 13.3. The second-order valence-electron chi connectivity index (χ2n) is 8.66. The molecule has 1 aromatic heterocycles. The van der Waals surface area contributed by atoms with Crippen LogP contribution >= 0.6 is 0 Å². The Morgan fingerprint density at radius 3 is 2.80 bits per heavy atom. The van der Waals surface area contributed by atoms with Gasteiger partial charge in [0.05, 0.1) is 24.0 Å². The first-order valence-corrected chi connectivity index (χ1v) is 10.6. The number of nitrogens with one attached hydrogen (secondary N) is 1. The van der Waals surface area contributed by atoms with Crippen molar-refractivity contribution in [1.82, 2.24) is 14.9 Å². The van der Waals surface area contributed by atoms with Gasteiger partial charge in [-0.2, -0.15) is 0 Å². The van der Waals surface area contributed by atoms with Crippen LogP contribution in [-0.4, -0.2) is 45.2 Å². The molecule has 0 radical (unpaired) electrons. The van der Waals surface area contributed by atoms with E-state index < -0.39 is 5.82 Å². The molecule has 4 rings (SSSR count). The fraction of sp³-hybridized carbons (Fsp3) is 0.522. The number of hydrogen-bond acceptors (Lipinski definition) is 4. The van der Waals surface area contributed by atoms with Gasteiger partial charge in [-0.1, -0.05) is 13.0 Å². The molecule has 2 aromatic rings. The summed E-state index contributed by atoms with van der Waals surface area (Å²) >= 11 is 0. The Hall–Kier alpha value is -2.54. The summed E-state index contributed by atoms with van der Waals surface area (Å²) < 4.78 is 19.1. The number of halogens is 1. The Labute approximate surface area is 176 Å².